The molecule has 2 nitrogen and oxygen atoms in total. The third-order valence-corrected chi connectivity index (χ3v) is 13.4. The molecule has 13 rings (SSSR count). The number of hydrogen-bond donors (Lipinski definition) is 1. The van der Waals surface area contributed by atoms with Crippen LogP contribution in [0.15, 0.2) is 188 Å². The second-order valence-corrected chi connectivity index (χ2v) is 16.8. The van der Waals surface area contributed by atoms with Gasteiger partial charge in [-0.1, -0.05) is 158 Å². The van der Waals surface area contributed by atoms with Crippen LogP contribution in [0.1, 0.15) is 35.7 Å². The lowest BCUT2D eigenvalue weighted by Crippen LogP contribution is -2.32. The van der Waals surface area contributed by atoms with Crippen molar-refractivity contribution >= 4 is 78.4 Å². The maximum atomic E-state index is 3.90. The molecule has 0 radical (unpaired) electrons. The average molecular weight is 777 g/mol. The van der Waals surface area contributed by atoms with Crippen molar-refractivity contribution in [2.45, 2.75) is 19.0 Å². The average Bonchev–Trinajstić information content (AvgIpc) is 3.72. The van der Waals surface area contributed by atoms with Crippen molar-refractivity contribution < 1.29 is 0 Å². The molecule has 286 valence electrons. The van der Waals surface area contributed by atoms with Gasteiger partial charge in [-0.25, -0.2) is 0 Å². The standard InChI is InChI=1S/C59H40N2/c1-4-14-40-31-45(24-21-37(40)11-1)56-36-48-34-43(27-29-49(48)59-60-54-19-9-10-20-55(54)61(56)59)44-28-30-52-53(35-44)58(47-26-23-39-13-3-6-16-42(39)33-47)51-18-8-7-17-50(51)57(52)46-25-22-38-12-2-5-15-41(38)32-46/h2-3,5-36,59-60H,1,4H2. The number of fused-ring (bicyclic) bond motifs is 10. The first-order valence-electron chi connectivity index (χ1n) is 21.5. The van der Waals surface area contributed by atoms with Gasteiger partial charge >= 0.3 is 0 Å². The number of rotatable bonds is 4. The van der Waals surface area contributed by atoms with Gasteiger partial charge in [-0.3, -0.25) is 0 Å². The highest BCUT2D eigenvalue weighted by atomic mass is 15.3. The molecule has 10 aromatic carbocycles. The molecule has 0 bridgehead atoms. The highest BCUT2D eigenvalue weighted by molar-refractivity contribution is 6.22. The van der Waals surface area contributed by atoms with Gasteiger partial charge < -0.3 is 10.2 Å². The lowest BCUT2D eigenvalue weighted by molar-refractivity contribution is 0.824. The molecule has 3 aliphatic rings. The van der Waals surface area contributed by atoms with Crippen molar-refractivity contribution in [1.29, 1.82) is 0 Å². The molecule has 0 saturated carbocycles. The van der Waals surface area contributed by atoms with Crippen molar-refractivity contribution in [3.8, 4) is 33.4 Å². The van der Waals surface area contributed by atoms with Crippen LogP contribution in [0, 0.1) is 0 Å². The van der Waals surface area contributed by atoms with Gasteiger partial charge in [-0.15, -0.1) is 0 Å². The van der Waals surface area contributed by atoms with Gasteiger partial charge in [-0.05, 0) is 159 Å². The summed E-state index contributed by atoms with van der Waals surface area (Å²) in [4.78, 5) is 2.50. The molecule has 0 amide bonds. The molecule has 0 fully saturated rings. The number of nitrogens with one attached hydrogen (secondary N) is 1. The Bertz CT molecular complexity index is 3650. The summed E-state index contributed by atoms with van der Waals surface area (Å²) in [5, 5.41) is 16.6. The Morgan fingerprint density at radius 2 is 0.984 bits per heavy atom. The van der Waals surface area contributed by atoms with Crippen molar-refractivity contribution in [2.75, 3.05) is 10.2 Å². The maximum absolute atomic E-state index is 3.90. The molecule has 61 heavy (non-hydrogen) atoms. The van der Waals surface area contributed by atoms with Crippen LogP contribution >= 0.6 is 0 Å². The molecule has 2 aliphatic heterocycles. The number of benzene rings is 10. The number of anilines is 2. The fourth-order valence-electron chi connectivity index (χ4n) is 10.5. The van der Waals surface area contributed by atoms with Crippen molar-refractivity contribution in [1.82, 2.24) is 0 Å². The third-order valence-electron chi connectivity index (χ3n) is 13.4. The van der Waals surface area contributed by atoms with Gasteiger partial charge in [0, 0.05) is 5.56 Å². The zero-order chi connectivity index (χ0) is 40.0. The Kier molecular flexibility index (Phi) is 7.53. The molecule has 1 N–H and O–H groups in total. The smallest absolute Gasteiger partial charge is 0.131 e. The van der Waals surface area contributed by atoms with E-state index < -0.39 is 0 Å². The first-order valence-corrected chi connectivity index (χ1v) is 21.5. The molecule has 0 saturated heterocycles. The lowest BCUT2D eigenvalue weighted by Gasteiger charge is -2.35. The predicted molar refractivity (Wildman–Crippen MR) is 260 cm³/mol. The van der Waals surface area contributed by atoms with Crippen LogP contribution in [0.25, 0.3) is 100 Å². The van der Waals surface area contributed by atoms with E-state index in [0.717, 1.165) is 12.8 Å². The highest BCUT2D eigenvalue weighted by Crippen LogP contribution is 2.51. The predicted octanol–water partition coefficient (Wildman–Crippen LogP) is 14.1. The highest BCUT2D eigenvalue weighted by Gasteiger charge is 2.36. The second-order valence-electron chi connectivity index (χ2n) is 16.8. The van der Waals surface area contributed by atoms with E-state index in [1.165, 1.54) is 121 Å². The van der Waals surface area contributed by atoms with E-state index in [1.54, 1.807) is 0 Å². The molecule has 1 aliphatic carbocycles. The minimum absolute atomic E-state index is 0.00000935. The van der Waals surface area contributed by atoms with E-state index in [1.807, 2.05) is 0 Å². The van der Waals surface area contributed by atoms with Crippen molar-refractivity contribution in [2.24, 2.45) is 0 Å². The quantitative estimate of drug-likeness (QED) is 0.179. The van der Waals surface area contributed by atoms with Gasteiger partial charge in [0.25, 0.3) is 0 Å². The summed E-state index contributed by atoms with van der Waals surface area (Å²) < 4.78 is 0. The molecule has 0 aromatic heterocycles. The maximum Gasteiger partial charge on any atom is 0.131 e. The minimum Gasteiger partial charge on any atom is -0.359 e. The molecule has 10 aromatic rings. The van der Waals surface area contributed by atoms with Crippen LogP contribution < -0.4 is 20.7 Å². The summed E-state index contributed by atoms with van der Waals surface area (Å²) in [7, 11) is 0. The van der Waals surface area contributed by atoms with E-state index in [4.69, 9.17) is 0 Å². The SMILES string of the molecule is C1=C(c2ccc3c(c2)=CCCC=3)N2c3ccccc3NC2c2ccc(-c3ccc4c(-c5ccc6ccccc6c5)c5ccccc5c(-c5ccc6ccccc6c5)c4c3)cc21. The van der Waals surface area contributed by atoms with Crippen LogP contribution in [0.4, 0.5) is 11.4 Å². The zero-order valence-corrected chi connectivity index (χ0v) is 33.6. The Hall–Kier alpha value is -7.68. The fraction of sp³-hybridized carbons (Fsp3) is 0.0508. The van der Waals surface area contributed by atoms with Gasteiger partial charge in [0.2, 0.25) is 0 Å². The first-order chi connectivity index (χ1) is 30.2. The van der Waals surface area contributed by atoms with Crippen LogP contribution in [-0.4, -0.2) is 0 Å². The van der Waals surface area contributed by atoms with Gasteiger partial charge in [-0.2, -0.15) is 0 Å². The van der Waals surface area contributed by atoms with E-state index in [2.05, 4.69) is 217 Å². The van der Waals surface area contributed by atoms with Gasteiger partial charge in [0.1, 0.15) is 6.17 Å². The second kappa shape index (κ2) is 13.4. The summed E-state index contributed by atoms with van der Waals surface area (Å²) in [6.07, 6.45) is 9.37. The normalized spacial score (nSPS) is 15.0. The molecule has 1 unspecified atom stereocenters. The first kappa shape index (κ1) is 34.2. The summed E-state index contributed by atoms with van der Waals surface area (Å²) in [5.74, 6) is 0. The number of nitrogens with zero attached hydrogens (tertiary/aromatic N) is 1. The van der Waals surface area contributed by atoms with E-state index in [9.17, 15) is 0 Å². The largest absolute Gasteiger partial charge is 0.359 e. The minimum atomic E-state index is 0.00000935. The third kappa shape index (κ3) is 5.42. The van der Waals surface area contributed by atoms with Crippen molar-refractivity contribution in [3.63, 3.8) is 0 Å². The molecule has 0 spiro atoms. The van der Waals surface area contributed by atoms with Crippen LogP contribution in [-0.2, 0) is 0 Å². The van der Waals surface area contributed by atoms with Gasteiger partial charge in [0.15, 0.2) is 0 Å². The Morgan fingerprint density at radius 1 is 0.410 bits per heavy atom. The van der Waals surface area contributed by atoms with E-state index in [-0.39, 0.29) is 6.17 Å². The monoisotopic (exact) mass is 776 g/mol. The summed E-state index contributed by atoms with van der Waals surface area (Å²) in [5.41, 5.74) is 14.8. The van der Waals surface area contributed by atoms with Crippen LogP contribution in [0.3, 0.4) is 0 Å². The lowest BCUT2D eigenvalue weighted by atomic mass is 9.84. The fourth-order valence-corrected chi connectivity index (χ4v) is 10.5. The molecule has 2 heterocycles. The van der Waals surface area contributed by atoms with E-state index >= 15 is 0 Å². The molecule has 2 heteroatoms. The molecular weight excluding hydrogens is 737 g/mol. The van der Waals surface area contributed by atoms with Crippen LogP contribution in [0.2, 0.25) is 0 Å². The Morgan fingerprint density at radius 3 is 1.74 bits per heavy atom. The molecular formula is C59H40N2. The van der Waals surface area contributed by atoms with E-state index in [0.29, 0.717) is 0 Å². The summed E-state index contributed by atoms with van der Waals surface area (Å²) >= 11 is 0. The summed E-state index contributed by atoms with van der Waals surface area (Å²) in [6.45, 7) is 0. The molecule has 1 atom stereocenters. The van der Waals surface area contributed by atoms with Gasteiger partial charge in [0.05, 0.1) is 17.1 Å². The van der Waals surface area contributed by atoms with Crippen molar-refractivity contribution in [3.05, 3.63) is 215 Å². The Labute approximate surface area is 354 Å². The summed E-state index contributed by atoms with van der Waals surface area (Å²) in [6, 6.07) is 70.3. The zero-order valence-electron chi connectivity index (χ0n) is 33.6. The topological polar surface area (TPSA) is 15.3 Å². The number of para-hydroxylation sites is 2. The van der Waals surface area contributed by atoms with Crippen LogP contribution in [0.5, 0.6) is 0 Å². The number of hydrogen-bond acceptors (Lipinski definition) is 2. The Balaban J connectivity index is 1.04.